The zero-order valence-electron chi connectivity index (χ0n) is 15.7. The number of hydrogen-bond acceptors (Lipinski definition) is 4. The van der Waals surface area contributed by atoms with E-state index in [1.807, 2.05) is 32.2 Å². The van der Waals surface area contributed by atoms with Gasteiger partial charge in [-0.25, -0.2) is 9.78 Å². The third-order valence-electron chi connectivity index (χ3n) is 4.42. The van der Waals surface area contributed by atoms with Crippen molar-refractivity contribution in [3.8, 4) is 0 Å². The molecule has 26 heavy (non-hydrogen) atoms. The Hall–Kier alpha value is -2.76. The van der Waals surface area contributed by atoms with Crippen molar-refractivity contribution in [3.05, 3.63) is 48.2 Å². The summed E-state index contributed by atoms with van der Waals surface area (Å²) < 4.78 is 0. The molecule has 3 rings (SSSR count). The number of aromatic nitrogens is 1. The molecule has 138 valence electrons. The van der Waals surface area contributed by atoms with E-state index in [2.05, 4.69) is 56.6 Å². The lowest BCUT2D eigenvalue weighted by molar-refractivity contribution is 0.250. The van der Waals surface area contributed by atoms with Gasteiger partial charge in [0.1, 0.15) is 5.82 Å². The molecule has 1 aromatic carbocycles. The van der Waals surface area contributed by atoms with E-state index in [1.54, 1.807) is 0 Å². The van der Waals surface area contributed by atoms with Crippen molar-refractivity contribution in [2.45, 2.75) is 26.8 Å². The number of nitrogens with one attached hydrogen (secondary N) is 2. The summed E-state index contributed by atoms with van der Waals surface area (Å²) in [5.74, 6) is 0.560. The van der Waals surface area contributed by atoms with Crippen molar-refractivity contribution >= 4 is 23.2 Å². The Bertz CT molecular complexity index is 736. The number of urea groups is 1. The summed E-state index contributed by atoms with van der Waals surface area (Å²) in [6.45, 7) is 9.86. The first kappa shape index (κ1) is 18.0. The minimum absolute atomic E-state index is 0.0963. The number of piperazine rings is 1. The average Bonchev–Trinajstić information content (AvgIpc) is 2.62. The largest absolute Gasteiger partial charge is 0.368 e. The highest BCUT2D eigenvalue weighted by Crippen LogP contribution is 2.21. The Morgan fingerprint density at radius 3 is 2.31 bits per heavy atom. The lowest BCUT2D eigenvalue weighted by atomic mass is 10.2. The first-order valence-corrected chi connectivity index (χ1v) is 9.11. The van der Waals surface area contributed by atoms with Gasteiger partial charge in [0.2, 0.25) is 0 Å². The van der Waals surface area contributed by atoms with Gasteiger partial charge in [-0.15, -0.1) is 0 Å². The topological polar surface area (TPSA) is 60.5 Å². The van der Waals surface area contributed by atoms with E-state index in [4.69, 9.17) is 0 Å². The zero-order valence-corrected chi connectivity index (χ0v) is 15.7. The Morgan fingerprint density at radius 2 is 1.73 bits per heavy atom. The lowest BCUT2D eigenvalue weighted by Crippen LogP contribution is -2.46. The summed E-state index contributed by atoms with van der Waals surface area (Å²) in [7, 11) is 0. The van der Waals surface area contributed by atoms with Crippen LogP contribution in [0.15, 0.2) is 42.6 Å². The molecule has 0 spiro atoms. The van der Waals surface area contributed by atoms with E-state index in [0.29, 0.717) is 5.82 Å². The summed E-state index contributed by atoms with van der Waals surface area (Å²) in [6, 6.07) is 12.4. The minimum Gasteiger partial charge on any atom is -0.368 e. The second kappa shape index (κ2) is 8.08. The number of carbonyl (C=O) groups is 1. The quantitative estimate of drug-likeness (QED) is 0.886. The summed E-state index contributed by atoms with van der Waals surface area (Å²) in [5.41, 5.74) is 3.67. The summed E-state index contributed by atoms with van der Waals surface area (Å²) in [6.07, 6.45) is 1.83. The Balaban J connectivity index is 1.55. The monoisotopic (exact) mass is 353 g/mol. The van der Waals surface area contributed by atoms with Gasteiger partial charge in [0.15, 0.2) is 0 Å². The van der Waals surface area contributed by atoms with Crippen LogP contribution in [-0.2, 0) is 0 Å². The molecular weight excluding hydrogens is 326 g/mol. The highest BCUT2D eigenvalue weighted by atomic mass is 16.2. The maximum atomic E-state index is 11.7. The standard InChI is InChI=1S/C20H27N5O/c1-15(2)22-20(26)23-19-8-7-18(14-21-19)25-11-9-24(10-12-25)17-6-4-5-16(3)13-17/h4-8,13-15H,9-12H2,1-3H3,(H2,21,22,23,26). The van der Waals surface area contributed by atoms with E-state index in [-0.39, 0.29) is 12.1 Å². The molecule has 1 aromatic heterocycles. The molecule has 0 aliphatic carbocycles. The Labute approximate surface area is 155 Å². The zero-order chi connectivity index (χ0) is 18.5. The van der Waals surface area contributed by atoms with Gasteiger partial charge >= 0.3 is 6.03 Å². The van der Waals surface area contributed by atoms with Crippen LogP contribution in [0.25, 0.3) is 0 Å². The fraction of sp³-hybridized carbons (Fsp3) is 0.400. The van der Waals surface area contributed by atoms with E-state index in [0.717, 1.165) is 31.9 Å². The molecule has 2 heterocycles. The van der Waals surface area contributed by atoms with Crippen LogP contribution >= 0.6 is 0 Å². The third kappa shape index (κ3) is 4.65. The fourth-order valence-corrected chi connectivity index (χ4v) is 3.11. The molecule has 1 saturated heterocycles. The van der Waals surface area contributed by atoms with Crippen LogP contribution in [-0.4, -0.2) is 43.2 Å². The van der Waals surface area contributed by atoms with Gasteiger partial charge in [-0.2, -0.15) is 0 Å². The summed E-state index contributed by atoms with van der Waals surface area (Å²) in [5, 5.41) is 5.54. The highest BCUT2D eigenvalue weighted by molar-refractivity contribution is 5.88. The molecule has 1 aliphatic heterocycles. The lowest BCUT2D eigenvalue weighted by Gasteiger charge is -2.37. The molecule has 1 aliphatic rings. The van der Waals surface area contributed by atoms with Crippen molar-refractivity contribution in [2.75, 3.05) is 41.3 Å². The van der Waals surface area contributed by atoms with Crippen molar-refractivity contribution < 1.29 is 4.79 Å². The Morgan fingerprint density at radius 1 is 1.04 bits per heavy atom. The molecular formula is C20H27N5O. The SMILES string of the molecule is Cc1cccc(N2CCN(c3ccc(NC(=O)NC(C)C)nc3)CC2)c1. The van der Waals surface area contributed by atoms with E-state index < -0.39 is 0 Å². The van der Waals surface area contributed by atoms with Crippen LogP contribution in [0.2, 0.25) is 0 Å². The Kier molecular flexibility index (Phi) is 5.61. The third-order valence-corrected chi connectivity index (χ3v) is 4.42. The summed E-state index contributed by atoms with van der Waals surface area (Å²) >= 11 is 0. The van der Waals surface area contributed by atoms with E-state index >= 15 is 0 Å². The molecule has 1 fully saturated rings. The number of amides is 2. The van der Waals surface area contributed by atoms with Gasteiger partial charge in [0, 0.05) is 37.9 Å². The first-order valence-electron chi connectivity index (χ1n) is 9.11. The van der Waals surface area contributed by atoms with Crippen LogP contribution in [0.5, 0.6) is 0 Å². The van der Waals surface area contributed by atoms with Crippen molar-refractivity contribution in [3.63, 3.8) is 0 Å². The van der Waals surface area contributed by atoms with Crippen molar-refractivity contribution in [2.24, 2.45) is 0 Å². The number of pyridine rings is 1. The maximum Gasteiger partial charge on any atom is 0.320 e. The molecule has 0 bridgehead atoms. The molecule has 0 atom stereocenters. The number of hydrogen-bond donors (Lipinski definition) is 2. The van der Waals surface area contributed by atoms with Crippen molar-refractivity contribution in [1.82, 2.24) is 10.3 Å². The minimum atomic E-state index is -0.230. The second-order valence-corrected chi connectivity index (χ2v) is 6.97. The van der Waals surface area contributed by atoms with Crippen molar-refractivity contribution in [1.29, 1.82) is 0 Å². The van der Waals surface area contributed by atoms with Gasteiger partial charge in [0.05, 0.1) is 11.9 Å². The van der Waals surface area contributed by atoms with Gasteiger partial charge in [-0.1, -0.05) is 12.1 Å². The number of aryl methyl sites for hydroxylation is 1. The summed E-state index contributed by atoms with van der Waals surface area (Å²) in [4.78, 5) is 20.8. The fourth-order valence-electron chi connectivity index (χ4n) is 3.11. The number of carbonyl (C=O) groups excluding carboxylic acids is 1. The molecule has 6 nitrogen and oxygen atoms in total. The molecule has 0 unspecified atom stereocenters. The molecule has 2 aromatic rings. The van der Waals surface area contributed by atoms with Gasteiger partial charge in [-0.05, 0) is 50.6 Å². The molecule has 2 N–H and O–H groups in total. The molecule has 0 radical (unpaired) electrons. The second-order valence-electron chi connectivity index (χ2n) is 6.97. The van der Waals surface area contributed by atoms with E-state index in [1.165, 1.54) is 11.3 Å². The predicted octanol–water partition coefficient (Wildman–Crippen LogP) is 3.25. The molecule has 6 heteroatoms. The van der Waals surface area contributed by atoms with Crippen LogP contribution in [0.4, 0.5) is 22.0 Å². The van der Waals surface area contributed by atoms with Gasteiger partial charge in [-0.3, -0.25) is 5.32 Å². The first-order chi connectivity index (χ1) is 12.5. The van der Waals surface area contributed by atoms with Crippen LogP contribution in [0, 0.1) is 6.92 Å². The molecule has 2 amide bonds. The van der Waals surface area contributed by atoms with Gasteiger partial charge in [0.25, 0.3) is 0 Å². The average molecular weight is 353 g/mol. The molecule has 0 saturated carbocycles. The maximum absolute atomic E-state index is 11.7. The smallest absolute Gasteiger partial charge is 0.320 e. The predicted molar refractivity (Wildman–Crippen MR) is 107 cm³/mol. The number of rotatable bonds is 4. The van der Waals surface area contributed by atoms with Gasteiger partial charge < -0.3 is 15.1 Å². The van der Waals surface area contributed by atoms with Crippen LogP contribution in [0.3, 0.4) is 0 Å². The normalized spacial score (nSPS) is 14.5. The highest BCUT2D eigenvalue weighted by Gasteiger charge is 2.18. The van der Waals surface area contributed by atoms with Crippen LogP contribution < -0.4 is 20.4 Å². The number of anilines is 3. The number of benzene rings is 1. The van der Waals surface area contributed by atoms with E-state index in [9.17, 15) is 4.79 Å². The number of nitrogens with zero attached hydrogens (tertiary/aromatic N) is 3. The van der Waals surface area contributed by atoms with Crippen LogP contribution in [0.1, 0.15) is 19.4 Å².